The highest BCUT2D eigenvalue weighted by Crippen LogP contribution is 2.27. The summed E-state index contributed by atoms with van der Waals surface area (Å²) in [6.07, 6.45) is 2.68. The van der Waals surface area contributed by atoms with Crippen LogP contribution in [0.5, 0.6) is 5.75 Å². The Balaban J connectivity index is 1.77. The Labute approximate surface area is 146 Å². The van der Waals surface area contributed by atoms with Gasteiger partial charge in [-0.1, -0.05) is 0 Å². The number of carbonyl (C=O) groups is 1. The van der Waals surface area contributed by atoms with Crippen molar-refractivity contribution in [3.63, 3.8) is 0 Å². The number of rotatable bonds is 4. The molecule has 26 heavy (non-hydrogen) atoms. The van der Waals surface area contributed by atoms with Crippen LogP contribution in [0.4, 0.5) is 24.8 Å². The Hall–Kier alpha value is -2.88. The Morgan fingerprint density at radius 2 is 1.85 bits per heavy atom. The quantitative estimate of drug-likeness (QED) is 0.832. The summed E-state index contributed by atoms with van der Waals surface area (Å²) in [7, 11) is 0.973. The molecule has 10 heteroatoms. The number of anilines is 2. The number of methoxy groups -OCH3 is 1. The van der Waals surface area contributed by atoms with E-state index in [4.69, 9.17) is 4.74 Å². The second-order valence-electron chi connectivity index (χ2n) is 5.39. The van der Waals surface area contributed by atoms with Crippen LogP contribution in [0.15, 0.2) is 18.5 Å². The molecule has 1 aromatic heterocycles. The molecule has 2 aromatic rings. The standard InChI is InChI=1S/C16H15F3N4O3/c1-25-14-12(18)10(6-11(17)13(14)19)15(24)22-9-7-20-16(21-8-9)23-2-4-26-5-3-23/h6-8H,2-5H2,1H3,(H,22,24). The average Bonchev–Trinajstić information content (AvgIpc) is 2.66. The number of nitrogens with zero attached hydrogens (tertiary/aromatic N) is 3. The van der Waals surface area contributed by atoms with E-state index < -0.39 is 34.7 Å². The van der Waals surface area contributed by atoms with Gasteiger partial charge in [0.05, 0.1) is 44.0 Å². The van der Waals surface area contributed by atoms with Crippen LogP contribution in [-0.2, 0) is 4.74 Å². The third-order valence-corrected chi connectivity index (χ3v) is 3.75. The van der Waals surface area contributed by atoms with E-state index in [1.807, 2.05) is 4.90 Å². The lowest BCUT2D eigenvalue weighted by Gasteiger charge is -2.26. The maximum Gasteiger partial charge on any atom is 0.258 e. The lowest BCUT2D eigenvalue weighted by molar-refractivity contribution is 0.102. The van der Waals surface area contributed by atoms with Crippen molar-refractivity contribution in [1.29, 1.82) is 0 Å². The molecule has 1 amide bonds. The van der Waals surface area contributed by atoms with Gasteiger partial charge in [0, 0.05) is 13.1 Å². The van der Waals surface area contributed by atoms with Crippen molar-refractivity contribution >= 4 is 17.5 Å². The van der Waals surface area contributed by atoms with Crippen molar-refractivity contribution < 1.29 is 27.4 Å². The topological polar surface area (TPSA) is 76.6 Å². The fourth-order valence-corrected chi connectivity index (χ4v) is 2.44. The third kappa shape index (κ3) is 3.54. The van der Waals surface area contributed by atoms with Gasteiger partial charge < -0.3 is 19.7 Å². The maximum atomic E-state index is 14.1. The molecule has 2 heterocycles. The van der Waals surface area contributed by atoms with Crippen LogP contribution in [0, 0.1) is 17.5 Å². The molecule has 1 fully saturated rings. The van der Waals surface area contributed by atoms with Gasteiger partial charge in [0.15, 0.2) is 17.4 Å². The zero-order chi connectivity index (χ0) is 18.7. The Bertz CT molecular complexity index is 811. The van der Waals surface area contributed by atoms with E-state index in [-0.39, 0.29) is 5.69 Å². The van der Waals surface area contributed by atoms with E-state index in [2.05, 4.69) is 20.0 Å². The Morgan fingerprint density at radius 1 is 1.19 bits per heavy atom. The summed E-state index contributed by atoms with van der Waals surface area (Å²) in [5.74, 6) is -5.68. The number of ether oxygens (including phenoxy) is 2. The largest absolute Gasteiger partial charge is 0.491 e. The predicted molar refractivity (Wildman–Crippen MR) is 85.9 cm³/mol. The summed E-state index contributed by atoms with van der Waals surface area (Å²) < 4.78 is 50.8. The first-order valence-electron chi connectivity index (χ1n) is 7.69. The molecule has 7 nitrogen and oxygen atoms in total. The van der Waals surface area contributed by atoms with Crippen molar-refractivity contribution in [1.82, 2.24) is 9.97 Å². The van der Waals surface area contributed by atoms with E-state index in [1.54, 1.807) is 0 Å². The molecule has 138 valence electrons. The molecule has 1 N–H and O–H groups in total. The van der Waals surface area contributed by atoms with Crippen LogP contribution < -0.4 is 15.0 Å². The number of hydrogen-bond donors (Lipinski definition) is 1. The van der Waals surface area contributed by atoms with Gasteiger partial charge >= 0.3 is 0 Å². The van der Waals surface area contributed by atoms with Gasteiger partial charge in [-0.25, -0.2) is 18.7 Å². The molecule has 0 unspecified atom stereocenters. The summed E-state index contributed by atoms with van der Waals surface area (Å²) in [5, 5.41) is 2.34. The molecule has 1 aromatic carbocycles. The molecule has 0 saturated carbocycles. The normalized spacial score (nSPS) is 14.2. The van der Waals surface area contributed by atoms with Crippen LogP contribution in [-0.4, -0.2) is 49.3 Å². The number of benzene rings is 1. The number of morpholine rings is 1. The molecule has 0 radical (unpaired) electrons. The Kier molecular flexibility index (Phi) is 5.21. The number of halogens is 3. The van der Waals surface area contributed by atoms with Crippen LogP contribution in [0.3, 0.4) is 0 Å². The maximum absolute atomic E-state index is 14.1. The molecule has 0 spiro atoms. The number of carbonyl (C=O) groups excluding carboxylic acids is 1. The summed E-state index contributed by atoms with van der Waals surface area (Å²) >= 11 is 0. The first-order chi connectivity index (χ1) is 12.5. The van der Waals surface area contributed by atoms with Crippen LogP contribution in [0.2, 0.25) is 0 Å². The van der Waals surface area contributed by atoms with Crippen LogP contribution >= 0.6 is 0 Å². The fourth-order valence-electron chi connectivity index (χ4n) is 2.44. The van der Waals surface area contributed by atoms with Gasteiger partial charge in [-0.15, -0.1) is 0 Å². The number of aromatic nitrogens is 2. The average molecular weight is 368 g/mol. The molecule has 1 saturated heterocycles. The van der Waals surface area contributed by atoms with Crippen molar-refractivity contribution in [2.45, 2.75) is 0 Å². The van der Waals surface area contributed by atoms with Crippen molar-refractivity contribution in [3.8, 4) is 5.75 Å². The van der Waals surface area contributed by atoms with Gasteiger partial charge in [-0.05, 0) is 6.07 Å². The van der Waals surface area contributed by atoms with Crippen molar-refractivity contribution in [2.24, 2.45) is 0 Å². The second kappa shape index (κ2) is 7.56. The smallest absolute Gasteiger partial charge is 0.258 e. The van der Waals surface area contributed by atoms with E-state index in [0.717, 1.165) is 7.11 Å². The predicted octanol–water partition coefficient (Wildman–Crippen LogP) is 1.99. The van der Waals surface area contributed by atoms with Gasteiger partial charge in [0.25, 0.3) is 5.91 Å². The van der Waals surface area contributed by atoms with E-state index in [9.17, 15) is 18.0 Å². The molecule has 0 bridgehead atoms. The molecular formula is C16H15F3N4O3. The summed E-state index contributed by atoms with van der Waals surface area (Å²) in [4.78, 5) is 22.3. The van der Waals surface area contributed by atoms with Gasteiger partial charge in [0.1, 0.15) is 0 Å². The fraction of sp³-hybridized carbons (Fsp3) is 0.312. The molecular weight excluding hydrogens is 353 g/mol. The van der Waals surface area contributed by atoms with Gasteiger partial charge in [-0.2, -0.15) is 4.39 Å². The van der Waals surface area contributed by atoms with E-state index >= 15 is 0 Å². The minimum atomic E-state index is -1.50. The van der Waals surface area contributed by atoms with Crippen LogP contribution in [0.25, 0.3) is 0 Å². The first kappa shape index (κ1) is 17.9. The lowest BCUT2D eigenvalue weighted by atomic mass is 10.1. The zero-order valence-corrected chi connectivity index (χ0v) is 13.8. The number of amides is 1. The summed E-state index contributed by atoms with van der Waals surface area (Å²) in [6, 6.07) is 0.464. The van der Waals surface area contributed by atoms with Crippen molar-refractivity contribution in [2.75, 3.05) is 43.6 Å². The minimum Gasteiger partial charge on any atom is -0.491 e. The molecule has 1 aliphatic heterocycles. The second-order valence-corrected chi connectivity index (χ2v) is 5.39. The highest BCUT2D eigenvalue weighted by molar-refractivity contribution is 6.04. The highest BCUT2D eigenvalue weighted by atomic mass is 19.2. The Morgan fingerprint density at radius 3 is 2.46 bits per heavy atom. The molecule has 1 aliphatic rings. The summed E-state index contributed by atoms with van der Waals surface area (Å²) in [6.45, 7) is 2.43. The molecule has 0 aliphatic carbocycles. The monoisotopic (exact) mass is 368 g/mol. The zero-order valence-electron chi connectivity index (χ0n) is 13.8. The third-order valence-electron chi connectivity index (χ3n) is 3.75. The number of hydrogen-bond acceptors (Lipinski definition) is 6. The molecule has 3 rings (SSSR count). The lowest BCUT2D eigenvalue weighted by Crippen LogP contribution is -2.37. The minimum absolute atomic E-state index is 0.176. The highest BCUT2D eigenvalue weighted by Gasteiger charge is 2.24. The first-order valence-corrected chi connectivity index (χ1v) is 7.69. The van der Waals surface area contributed by atoms with Gasteiger partial charge in [-0.3, -0.25) is 4.79 Å². The van der Waals surface area contributed by atoms with E-state index in [0.29, 0.717) is 38.3 Å². The van der Waals surface area contributed by atoms with E-state index in [1.165, 1.54) is 12.4 Å². The van der Waals surface area contributed by atoms with Crippen molar-refractivity contribution in [3.05, 3.63) is 41.5 Å². The van der Waals surface area contributed by atoms with Crippen LogP contribution in [0.1, 0.15) is 10.4 Å². The SMILES string of the molecule is COc1c(F)c(F)cc(C(=O)Nc2cnc(N3CCOCC3)nc2)c1F. The van der Waals surface area contributed by atoms with Gasteiger partial charge in [0.2, 0.25) is 11.8 Å². The summed E-state index contributed by atoms with van der Waals surface area (Å²) in [5.41, 5.74) is -0.520. The number of nitrogens with one attached hydrogen (secondary N) is 1. The molecule has 0 atom stereocenters.